The van der Waals surface area contributed by atoms with Crippen LogP contribution in [0, 0.1) is 13.8 Å². The zero-order valence-electron chi connectivity index (χ0n) is 16.0. The van der Waals surface area contributed by atoms with Gasteiger partial charge in [0.2, 0.25) is 0 Å². The number of nitrogens with zero attached hydrogens (tertiary/aromatic N) is 2. The van der Waals surface area contributed by atoms with Crippen molar-refractivity contribution in [3.8, 4) is 16.5 Å². The SMILES string of the molecule is Cc1ccc(-c2nc(C)c(C(=O)Nc3cccc(OCc4cccnc4)c3)s2)o1. The van der Waals surface area contributed by atoms with Gasteiger partial charge in [-0.1, -0.05) is 12.1 Å². The van der Waals surface area contributed by atoms with Gasteiger partial charge in [-0.05, 0) is 44.2 Å². The smallest absolute Gasteiger partial charge is 0.267 e. The number of carbonyl (C=O) groups is 1. The second-order valence-electron chi connectivity index (χ2n) is 6.48. The van der Waals surface area contributed by atoms with Gasteiger partial charge in [0.15, 0.2) is 10.8 Å². The van der Waals surface area contributed by atoms with Gasteiger partial charge in [-0.15, -0.1) is 11.3 Å². The van der Waals surface area contributed by atoms with Gasteiger partial charge >= 0.3 is 0 Å². The molecule has 29 heavy (non-hydrogen) atoms. The maximum atomic E-state index is 12.8. The molecule has 0 spiro atoms. The van der Waals surface area contributed by atoms with Gasteiger partial charge in [-0.2, -0.15) is 0 Å². The minimum Gasteiger partial charge on any atom is -0.489 e. The number of anilines is 1. The number of pyridine rings is 1. The van der Waals surface area contributed by atoms with Crippen LogP contribution in [0.15, 0.2) is 65.3 Å². The minimum absolute atomic E-state index is 0.209. The molecule has 3 aromatic heterocycles. The molecule has 4 rings (SSSR count). The van der Waals surface area contributed by atoms with Crippen LogP contribution in [0.1, 0.15) is 26.7 Å². The lowest BCUT2D eigenvalue weighted by Crippen LogP contribution is -2.11. The van der Waals surface area contributed by atoms with Crippen LogP contribution in [0.2, 0.25) is 0 Å². The lowest BCUT2D eigenvalue weighted by atomic mass is 10.2. The fourth-order valence-electron chi connectivity index (χ4n) is 2.76. The summed E-state index contributed by atoms with van der Waals surface area (Å²) in [4.78, 5) is 21.8. The van der Waals surface area contributed by atoms with Crippen LogP contribution in [0.25, 0.3) is 10.8 Å². The van der Waals surface area contributed by atoms with E-state index < -0.39 is 0 Å². The zero-order chi connectivity index (χ0) is 20.2. The highest BCUT2D eigenvalue weighted by molar-refractivity contribution is 7.17. The Bertz CT molecular complexity index is 1140. The lowest BCUT2D eigenvalue weighted by molar-refractivity contribution is 0.103. The topological polar surface area (TPSA) is 77.2 Å². The minimum atomic E-state index is -0.209. The molecule has 0 aliphatic heterocycles. The van der Waals surface area contributed by atoms with Crippen molar-refractivity contribution in [3.63, 3.8) is 0 Å². The normalized spacial score (nSPS) is 10.7. The van der Waals surface area contributed by atoms with Crippen molar-refractivity contribution in [1.82, 2.24) is 9.97 Å². The first-order valence-electron chi connectivity index (χ1n) is 9.06. The van der Waals surface area contributed by atoms with E-state index in [-0.39, 0.29) is 5.91 Å². The molecule has 7 heteroatoms. The highest BCUT2D eigenvalue weighted by Crippen LogP contribution is 2.30. The standard InChI is InChI=1S/C22H19N3O3S/c1-14-8-9-19(28-14)22-24-15(2)20(29-22)21(26)25-17-6-3-7-18(11-17)27-13-16-5-4-10-23-12-16/h3-12H,13H2,1-2H3,(H,25,26). The van der Waals surface area contributed by atoms with E-state index in [0.717, 1.165) is 11.3 Å². The summed E-state index contributed by atoms with van der Waals surface area (Å²) in [5, 5.41) is 3.61. The maximum absolute atomic E-state index is 12.8. The van der Waals surface area contributed by atoms with Crippen LogP contribution in [0.4, 0.5) is 5.69 Å². The van der Waals surface area contributed by atoms with E-state index in [2.05, 4.69) is 15.3 Å². The van der Waals surface area contributed by atoms with Crippen LogP contribution >= 0.6 is 11.3 Å². The molecule has 1 aromatic carbocycles. The Labute approximate surface area is 172 Å². The number of hydrogen-bond donors (Lipinski definition) is 1. The molecule has 1 N–H and O–H groups in total. The summed E-state index contributed by atoms with van der Waals surface area (Å²) in [6, 6.07) is 14.9. The van der Waals surface area contributed by atoms with E-state index in [1.165, 1.54) is 11.3 Å². The number of ether oxygens (including phenoxy) is 1. The fourth-order valence-corrected chi connectivity index (χ4v) is 3.69. The molecule has 3 heterocycles. The molecule has 1 amide bonds. The number of aryl methyl sites for hydroxylation is 2. The third kappa shape index (κ3) is 4.52. The van der Waals surface area contributed by atoms with Crippen LogP contribution in [0.5, 0.6) is 5.75 Å². The molecule has 0 radical (unpaired) electrons. The van der Waals surface area contributed by atoms with E-state index >= 15 is 0 Å². The number of furan rings is 1. The number of aromatic nitrogens is 2. The van der Waals surface area contributed by atoms with Gasteiger partial charge in [0.25, 0.3) is 5.91 Å². The zero-order valence-corrected chi connectivity index (χ0v) is 16.8. The third-order valence-electron chi connectivity index (χ3n) is 4.17. The Kier molecular flexibility index (Phi) is 5.39. The molecule has 0 saturated heterocycles. The second-order valence-corrected chi connectivity index (χ2v) is 7.47. The van der Waals surface area contributed by atoms with E-state index in [4.69, 9.17) is 9.15 Å². The van der Waals surface area contributed by atoms with Crippen molar-refractivity contribution < 1.29 is 13.9 Å². The Morgan fingerprint density at radius 3 is 2.83 bits per heavy atom. The van der Waals surface area contributed by atoms with Crippen LogP contribution in [-0.4, -0.2) is 15.9 Å². The lowest BCUT2D eigenvalue weighted by Gasteiger charge is -2.09. The molecule has 0 aliphatic carbocycles. The molecule has 0 bridgehead atoms. The van der Waals surface area contributed by atoms with Crippen molar-refractivity contribution >= 4 is 22.9 Å². The Morgan fingerprint density at radius 1 is 1.17 bits per heavy atom. The van der Waals surface area contributed by atoms with Crippen molar-refractivity contribution in [2.24, 2.45) is 0 Å². The van der Waals surface area contributed by atoms with Crippen LogP contribution in [-0.2, 0) is 6.61 Å². The largest absolute Gasteiger partial charge is 0.489 e. The Hall–Kier alpha value is -3.45. The quantitative estimate of drug-likeness (QED) is 0.474. The molecule has 6 nitrogen and oxygen atoms in total. The molecule has 0 aliphatic rings. The molecule has 0 fully saturated rings. The van der Waals surface area contributed by atoms with Crippen LogP contribution < -0.4 is 10.1 Å². The molecule has 146 valence electrons. The highest BCUT2D eigenvalue weighted by atomic mass is 32.1. The summed E-state index contributed by atoms with van der Waals surface area (Å²) >= 11 is 1.31. The average Bonchev–Trinajstić information content (AvgIpc) is 3.33. The molecular weight excluding hydrogens is 386 g/mol. The molecule has 4 aromatic rings. The predicted molar refractivity (Wildman–Crippen MR) is 112 cm³/mol. The van der Waals surface area contributed by atoms with Crippen molar-refractivity contribution in [2.75, 3.05) is 5.32 Å². The molecular formula is C22H19N3O3S. The highest BCUT2D eigenvalue weighted by Gasteiger charge is 2.18. The van der Waals surface area contributed by atoms with Gasteiger partial charge in [-0.25, -0.2) is 4.98 Å². The van der Waals surface area contributed by atoms with Crippen molar-refractivity contribution in [1.29, 1.82) is 0 Å². The van der Waals surface area contributed by atoms with Crippen LogP contribution in [0.3, 0.4) is 0 Å². The first kappa shape index (κ1) is 18.9. The number of nitrogens with one attached hydrogen (secondary N) is 1. The number of rotatable bonds is 6. The molecule has 0 unspecified atom stereocenters. The predicted octanol–water partition coefficient (Wildman–Crippen LogP) is 5.25. The maximum Gasteiger partial charge on any atom is 0.267 e. The summed E-state index contributed by atoms with van der Waals surface area (Å²) in [5.41, 5.74) is 2.30. The molecule has 0 saturated carbocycles. The van der Waals surface area contributed by atoms with Gasteiger partial charge in [-0.3, -0.25) is 9.78 Å². The first-order valence-corrected chi connectivity index (χ1v) is 9.87. The summed E-state index contributed by atoms with van der Waals surface area (Å²) in [6.45, 7) is 4.10. The van der Waals surface area contributed by atoms with Gasteiger partial charge in [0, 0.05) is 29.7 Å². The van der Waals surface area contributed by atoms with Gasteiger partial charge < -0.3 is 14.5 Å². The number of amides is 1. The number of hydrogen-bond acceptors (Lipinski definition) is 6. The Morgan fingerprint density at radius 2 is 2.07 bits per heavy atom. The fraction of sp³-hybridized carbons (Fsp3) is 0.136. The number of thiazole rings is 1. The second kappa shape index (κ2) is 8.28. The third-order valence-corrected chi connectivity index (χ3v) is 5.34. The number of carbonyl (C=O) groups excluding carboxylic acids is 1. The summed E-state index contributed by atoms with van der Waals surface area (Å²) in [7, 11) is 0. The van der Waals surface area contributed by atoms with E-state index in [1.807, 2.05) is 56.3 Å². The average molecular weight is 405 g/mol. The van der Waals surface area contributed by atoms with Crippen molar-refractivity contribution in [3.05, 3.63) is 82.8 Å². The van der Waals surface area contributed by atoms with E-state index in [9.17, 15) is 4.79 Å². The number of benzene rings is 1. The first-order chi connectivity index (χ1) is 14.1. The summed E-state index contributed by atoms with van der Waals surface area (Å²) in [5.74, 6) is 1.93. The van der Waals surface area contributed by atoms with Crippen molar-refractivity contribution in [2.45, 2.75) is 20.5 Å². The van der Waals surface area contributed by atoms with Gasteiger partial charge in [0.1, 0.15) is 23.0 Å². The Balaban J connectivity index is 1.45. The summed E-state index contributed by atoms with van der Waals surface area (Å²) in [6.07, 6.45) is 3.48. The van der Waals surface area contributed by atoms with E-state index in [0.29, 0.717) is 39.4 Å². The molecule has 0 atom stereocenters. The summed E-state index contributed by atoms with van der Waals surface area (Å²) < 4.78 is 11.4. The van der Waals surface area contributed by atoms with Gasteiger partial charge in [0.05, 0.1) is 5.69 Å². The van der Waals surface area contributed by atoms with E-state index in [1.54, 1.807) is 18.5 Å². The monoisotopic (exact) mass is 405 g/mol.